The predicted molar refractivity (Wildman–Crippen MR) is 108 cm³/mol. The molecule has 146 valence electrons. The second-order valence-corrected chi connectivity index (χ2v) is 6.74. The molecule has 1 unspecified atom stereocenters. The molecule has 2 N–H and O–H groups in total. The molecule has 2 aromatic carbocycles. The van der Waals surface area contributed by atoms with Crippen molar-refractivity contribution in [1.82, 2.24) is 19.6 Å². The third kappa shape index (κ3) is 3.86. The second kappa shape index (κ2) is 7.59. The van der Waals surface area contributed by atoms with Crippen LogP contribution in [-0.4, -0.2) is 36.5 Å². The molecule has 0 spiro atoms. The number of hydrogen-bond donors (Lipinski definition) is 2. The lowest BCUT2D eigenvalue weighted by Crippen LogP contribution is -2.16. The van der Waals surface area contributed by atoms with Gasteiger partial charge in [0.05, 0.1) is 30.2 Å². The number of anilines is 1. The van der Waals surface area contributed by atoms with Gasteiger partial charge in [0, 0.05) is 12.4 Å². The summed E-state index contributed by atoms with van der Waals surface area (Å²) in [5.74, 6) is -1.40. The topological polar surface area (TPSA) is 102 Å². The summed E-state index contributed by atoms with van der Waals surface area (Å²) in [7, 11) is 0. The fraction of sp³-hybridized carbons (Fsp3) is 0.143. The van der Waals surface area contributed by atoms with Crippen LogP contribution in [0.2, 0.25) is 0 Å². The van der Waals surface area contributed by atoms with E-state index in [9.17, 15) is 9.59 Å². The first-order chi connectivity index (χ1) is 14.0. The number of carboxylic acids is 1. The van der Waals surface area contributed by atoms with Gasteiger partial charge in [-0.05, 0) is 23.3 Å². The molecule has 1 atom stereocenters. The highest BCUT2D eigenvalue weighted by Gasteiger charge is 2.17. The molecule has 0 fully saturated rings. The van der Waals surface area contributed by atoms with Gasteiger partial charge < -0.3 is 10.4 Å². The number of hydrogen-bond acceptors (Lipinski definition) is 4. The Balaban J connectivity index is 1.47. The lowest BCUT2D eigenvalue weighted by atomic mass is 10.0. The molecule has 4 rings (SSSR count). The van der Waals surface area contributed by atoms with Crippen LogP contribution < -0.4 is 5.32 Å². The Hall–Kier alpha value is -3.94. The van der Waals surface area contributed by atoms with Gasteiger partial charge in [-0.3, -0.25) is 14.2 Å². The SMILES string of the molecule is CC(C(=O)O)n1cc(C(=O)Nc2cnn(Cc3cccc4ccccc34)c2)cn1. The summed E-state index contributed by atoms with van der Waals surface area (Å²) in [5.41, 5.74) is 1.96. The summed E-state index contributed by atoms with van der Waals surface area (Å²) >= 11 is 0. The van der Waals surface area contributed by atoms with Gasteiger partial charge >= 0.3 is 5.97 Å². The molecule has 2 heterocycles. The number of benzene rings is 2. The van der Waals surface area contributed by atoms with E-state index in [2.05, 4.69) is 39.8 Å². The van der Waals surface area contributed by atoms with E-state index in [1.807, 2.05) is 18.2 Å². The molecule has 0 saturated carbocycles. The molecule has 0 radical (unpaired) electrons. The third-order valence-electron chi connectivity index (χ3n) is 4.72. The second-order valence-electron chi connectivity index (χ2n) is 6.74. The van der Waals surface area contributed by atoms with Gasteiger partial charge in [-0.15, -0.1) is 0 Å². The summed E-state index contributed by atoms with van der Waals surface area (Å²) < 4.78 is 2.99. The Morgan fingerprint density at radius 3 is 2.69 bits per heavy atom. The predicted octanol–water partition coefficient (Wildman–Crippen LogP) is 3.18. The number of nitrogens with zero attached hydrogens (tertiary/aromatic N) is 4. The maximum atomic E-state index is 12.4. The standard InChI is InChI=1S/C21H19N5O3/c1-14(21(28)29)26-12-17(9-23-26)20(27)24-18-10-22-25(13-18)11-16-7-4-6-15-5-2-3-8-19(15)16/h2-10,12-14H,11H2,1H3,(H,24,27)(H,28,29). The first kappa shape index (κ1) is 18.4. The molecule has 8 nitrogen and oxygen atoms in total. The summed E-state index contributed by atoms with van der Waals surface area (Å²) in [5, 5.41) is 22.4. The summed E-state index contributed by atoms with van der Waals surface area (Å²) in [6, 6.07) is 13.4. The minimum absolute atomic E-state index is 0.278. The molecule has 8 heteroatoms. The van der Waals surface area contributed by atoms with E-state index in [4.69, 9.17) is 5.11 Å². The fourth-order valence-electron chi connectivity index (χ4n) is 3.10. The lowest BCUT2D eigenvalue weighted by Gasteiger charge is -2.06. The van der Waals surface area contributed by atoms with Crippen molar-refractivity contribution in [1.29, 1.82) is 0 Å². The zero-order chi connectivity index (χ0) is 20.4. The average molecular weight is 389 g/mol. The molecular weight excluding hydrogens is 370 g/mol. The van der Waals surface area contributed by atoms with Crippen molar-refractivity contribution in [3.63, 3.8) is 0 Å². The smallest absolute Gasteiger partial charge is 0.328 e. The summed E-state index contributed by atoms with van der Waals surface area (Å²) in [4.78, 5) is 23.4. The fourth-order valence-corrected chi connectivity index (χ4v) is 3.10. The maximum absolute atomic E-state index is 12.4. The lowest BCUT2D eigenvalue weighted by molar-refractivity contribution is -0.140. The van der Waals surface area contributed by atoms with Crippen molar-refractivity contribution in [2.45, 2.75) is 19.5 Å². The summed E-state index contributed by atoms with van der Waals surface area (Å²) in [6.07, 6.45) is 6.08. The van der Waals surface area contributed by atoms with Crippen LogP contribution in [0.25, 0.3) is 10.8 Å². The average Bonchev–Trinajstić information content (AvgIpc) is 3.37. The van der Waals surface area contributed by atoms with Crippen molar-refractivity contribution in [3.8, 4) is 0 Å². The monoisotopic (exact) mass is 389 g/mol. The van der Waals surface area contributed by atoms with E-state index in [0.29, 0.717) is 12.2 Å². The highest BCUT2D eigenvalue weighted by atomic mass is 16.4. The summed E-state index contributed by atoms with van der Waals surface area (Å²) in [6.45, 7) is 2.07. The minimum atomic E-state index is -1.02. The number of aliphatic carboxylic acids is 1. The van der Waals surface area contributed by atoms with Crippen LogP contribution in [0.15, 0.2) is 67.3 Å². The molecule has 0 aliphatic rings. The van der Waals surface area contributed by atoms with Crippen LogP contribution in [0.1, 0.15) is 28.9 Å². The van der Waals surface area contributed by atoms with Crippen molar-refractivity contribution >= 4 is 28.3 Å². The third-order valence-corrected chi connectivity index (χ3v) is 4.72. The minimum Gasteiger partial charge on any atom is -0.480 e. The number of carbonyl (C=O) groups is 2. The van der Waals surface area contributed by atoms with Crippen LogP contribution >= 0.6 is 0 Å². The van der Waals surface area contributed by atoms with E-state index in [1.54, 1.807) is 17.1 Å². The molecule has 4 aromatic rings. The van der Waals surface area contributed by atoms with Crippen LogP contribution in [-0.2, 0) is 11.3 Å². The molecule has 0 aliphatic carbocycles. The molecular formula is C21H19N5O3. The Morgan fingerprint density at radius 1 is 1.07 bits per heavy atom. The Labute approximate surface area is 166 Å². The van der Waals surface area contributed by atoms with E-state index in [-0.39, 0.29) is 11.5 Å². The quantitative estimate of drug-likeness (QED) is 0.527. The zero-order valence-corrected chi connectivity index (χ0v) is 15.7. The van der Waals surface area contributed by atoms with Crippen LogP contribution in [0.5, 0.6) is 0 Å². The maximum Gasteiger partial charge on any atom is 0.328 e. The van der Waals surface area contributed by atoms with Crippen molar-refractivity contribution in [2.24, 2.45) is 0 Å². The van der Waals surface area contributed by atoms with Crippen molar-refractivity contribution < 1.29 is 14.7 Å². The van der Waals surface area contributed by atoms with Crippen LogP contribution in [0, 0.1) is 0 Å². The molecule has 29 heavy (non-hydrogen) atoms. The highest BCUT2D eigenvalue weighted by molar-refractivity contribution is 6.03. The van der Waals surface area contributed by atoms with Gasteiger partial charge in [-0.25, -0.2) is 4.79 Å². The normalized spacial score (nSPS) is 12.0. The van der Waals surface area contributed by atoms with Gasteiger partial charge in [0.1, 0.15) is 6.04 Å². The van der Waals surface area contributed by atoms with Gasteiger partial charge in [-0.1, -0.05) is 42.5 Å². The van der Waals surface area contributed by atoms with E-state index in [0.717, 1.165) is 10.9 Å². The first-order valence-electron chi connectivity index (χ1n) is 9.08. The van der Waals surface area contributed by atoms with Crippen LogP contribution in [0.3, 0.4) is 0 Å². The number of amides is 1. The van der Waals surface area contributed by atoms with Crippen molar-refractivity contribution in [3.05, 3.63) is 78.4 Å². The van der Waals surface area contributed by atoms with Crippen molar-refractivity contribution in [2.75, 3.05) is 5.32 Å². The van der Waals surface area contributed by atoms with Gasteiger partial charge in [0.25, 0.3) is 5.91 Å². The van der Waals surface area contributed by atoms with E-state index < -0.39 is 12.0 Å². The van der Waals surface area contributed by atoms with Crippen LogP contribution in [0.4, 0.5) is 5.69 Å². The molecule has 0 bridgehead atoms. The number of carboxylic acid groups (broad SMARTS) is 1. The molecule has 0 saturated heterocycles. The number of fused-ring (bicyclic) bond motifs is 1. The van der Waals surface area contributed by atoms with Gasteiger partial charge in [-0.2, -0.15) is 10.2 Å². The molecule has 0 aliphatic heterocycles. The first-order valence-corrected chi connectivity index (χ1v) is 9.08. The largest absolute Gasteiger partial charge is 0.480 e. The van der Waals surface area contributed by atoms with E-state index >= 15 is 0 Å². The Morgan fingerprint density at radius 2 is 1.86 bits per heavy atom. The molecule has 2 aromatic heterocycles. The van der Waals surface area contributed by atoms with Gasteiger partial charge in [0.2, 0.25) is 0 Å². The van der Waals surface area contributed by atoms with E-state index in [1.165, 1.54) is 29.4 Å². The molecule has 1 amide bonds. The number of rotatable bonds is 6. The Kier molecular flexibility index (Phi) is 4.82. The number of aromatic nitrogens is 4. The number of nitrogens with one attached hydrogen (secondary N) is 1. The Bertz CT molecular complexity index is 1190. The number of carbonyl (C=O) groups excluding carboxylic acids is 1. The van der Waals surface area contributed by atoms with Gasteiger partial charge in [0.15, 0.2) is 0 Å². The zero-order valence-electron chi connectivity index (χ0n) is 15.7. The highest BCUT2D eigenvalue weighted by Crippen LogP contribution is 2.20.